The molecule has 0 bridgehead atoms. The normalized spacial score (nSPS) is 14.9. The van der Waals surface area contributed by atoms with E-state index in [1.165, 1.54) is 0 Å². The summed E-state index contributed by atoms with van der Waals surface area (Å²) in [7, 11) is 0. The van der Waals surface area contributed by atoms with E-state index in [-0.39, 0.29) is 0 Å². The molecule has 3 rings (SSSR count). The molecular weight excluding hydrogens is 238 g/mol. The summed E-state index contributed by atoms with van der Waals surface area (Å²) in [5.41, 5.74) is 2.11. The third-order valence-electron chi connectivity index (χ3n) is 2.86. The van der Waals surface area contributed by atoms with Crippen molar-refractivity contribution in [2.45, 2.75) is 18.8 Å². The Morgan fingerprint density at radius 1 is 1.41 bits per heavy atom. The second-order valence-electron chi connectivity index (χ2n) is 4.14. The molecule has 86 valence electrons. The lowest BCUT2D eigenvalue weighted by Gasteiger charge is -2.02. The summed E-state index contributed by atoms with van der Waals surface area (Å²) in [6, 6.07) is 7.22. The van der Waals surface area contributed by atoms with Crippen molar-refractivity contribution >= 4 is 17.9 Å². The lowest BCUT2D eigenvalue weighted by molar-refractivity contribution is 0.111. The van der Waals surface area contributed by atoms with Crippen LogP contribution in [-0.4, -0.2) is 21.3 Å². The van der Waals surface area contributed by atoms with Crippen molar-refractivity contribution in [1.82, 2.24) is 15.0 Å². The van der Waals surface area contributed by atoms with E-state index in [0.29, 0.717) is 16.6 Å². The van der Waals surface area contributed by atoms with Crippen LogP contribution < -0.4 is 0 Å². The minimum Gasteiger partial charge on any atom is -0.296 e. The minimum atomic E-state index is 0.406. The predicted molar refractivity (Wildman–Crippen MR) is 63.7 cm³/mol. The molecule has 2 aromatic rings. The van der Waals surface area contributed by atoms with Crippen molar-refractivity contribution in [1.29, 1.82) is 0 Å². The van der Waals surface area contributed by atoms with Crippen molar-refractivity contribution in [3.63, 3.8) is 0 Å². The summed E-state index contributed by atoms with van der Waals surface area (Å²) in [5, 5.41) is 8.74. The van der Waals surface area contributed by atoms with Gasteiger partial charge < -0.3 is 0 Å². The summed E-state index contributed by atoms with van der Waals surface area (Å²) >= 11 is 5.92. The first-order valence-electron chi connectivity index (χ1n) is 5.46. The molecule has 1 saturated carbocycles. The largest absolute Gasteiger partial charge is 0.296 e. The third kappa shape index (κ3) is 1.85. The van der Waals surface area contributed by atoms with E-state index in [0.717, 1.165) is 30.5 Å². The van der Waals surface area contributed by atoms with Gasteiger partial charge in [-0.25, -0.2) is 4.68 Å². The van der Waals surface area contributed by atoms with Gasteiger partial charge in [0.05, 0.1) is 11.4 Å². The van der Waals surface area contributed by atoms with Gasteiger partial charge in [-0.1, -0.05) is 22.9 Å². The number of hydrogen-bond acceptors (Lipinski definition) is 3. The molecule has 0 unspecified atom stereocenters. The van der Waals surface area contributed by atoms with Crippen molar-refractivity contribution in [3.05, 3.63) is 40.7 Å². The number of nitrogens with zero attached hydrogens (tertiary/aromatic N) is 3. The lowest BCUT2D eigenvalue weighted by Crippen LogP contribution is -2.02. The Hall–Kier alpha value is -1.68. The highest BCUT2D eigenvalue weighted by Crippen LogP contribution is 2.40. The van der Waals surface area contributed by atoms with E-state index in [4.69, 9.17) is 11.6 Å². The number of carbonyl (C=O) groups excluding carboxylic acids is 1. The Balaban J connectivity index is 2.11. The fourth-order valence-corrected chi connectivity index (χ4v) is 2.04. The van der Waals surface area contributed by atoms with Gasteiger partial charge in [-0.3, -0.25) is 4.79 Å². The van der Waals surface area contributed by atoms with Gasteiger partial charge in [0.25, 0.3) is 0 Å². The van der Waals surface area contributed by atoms with Gasteiger partial charge in [0.2, 0.25) is 0 Å². The summed E-state index contributed by atoms with van der Waals surface area (Å²) in [4.78, 5) is 11.2. The maximum absolute atomic E-state index is 11.2. The topological polar surface area (TPSA) is 47.8 Å². The molecule has 17 heavy (non-hydrogen) atoms. The number of rotatable bonds is 3. The summed E-state index contributed by atoms with van der Waals surface area (Å²) in [5.74, 6) is 0.406. The van der Waals surface area contributed by atoms with Gasteiger partial charge in [-0.05, 0) is 31.0 Å². The molecule has 0 atom stereocenters. The van der Waals surface area contributed by atoms with E-state index in [9.17, 15) is 4.79 Å². The Bertz CT molecular complexity index is 575. The molecular formula is C12H10ClN3O. The standard InChI is InChI=1S/C12H10ClN3O/c13-9-2-1-3-10(6-9)16-11(7-17)12(14-15-16)8-4-5-8/h1-3,6-8H,4-5H2. The van der Waals surface area contributed by atoms with Crippen LogP contribution >= 0.6 is 11.6 Å². The number of aromatic nitrogens is 3. The molecule has 0 spiro atoms. The van der Waals surface area contributed by atoms with Crippen LogP contribution in [0.15, 0.2) is 24.3 Å². The third-order valence-corrected chi connectivity index (χ3v) is 3.10. The molecule has 0 amide bonds. The maximum atomic E-state index is 11.2. The van der Waals surface area contributed by atoms with E-state index >= 15 is 0 Å². The molecule has 1 aliphatic carbocycles. The zero-order chi connectivity index (χ0) is 11.8. The lowest BCUT2D eigenvalue weighted by atomic mass is 10.2. The first-order valence-corrected chi connectivity index (χ1v) is 5.84. The highest BCUT2D eigenvalue weighted by atomic mass is 35.5. The fraction of sp³-hybridized carbons (Fsp3) is 0.250. The SMILES string of the molecule is O=Cc1c(C2CC2)nnn1-c1cccc(Cl)c1. The Morgan fingerprint density at radius 2 is 2.24 bits per heavy atom. The maximum Gasteiger partial charge on any atom is 0.170 e. The molecule has 1 aromatic carbocycles. The number of aldehydes is 1. The molecule has 1 aliphatic rings. The van der Waals surface area contributed by atoms with Crippen LogP contribution in [0.2, 0.25) is 5.02 Å². The van der Waals surface area contributed by atoms with E-state index < -0.39 is 0 Å². The Morgan fingerprint density at radius 3 is 2.88 bits per heavy atom. The molecule has 1 aromatic heterocycles. The van der Waals surface area contributed by atoms with Crippen LogP contribution in [0.5, 0.6) is 0 Å². The number of halogens is 1. The molecule has 1 fully saturated rings. The zero-order valence-corrected chi connectivity index (χ0v) is 9.76. The summed E-state index contributed by atoms with van der Waals surface area (Å²) in [6.07, 6.45) is 3.00. The van der Waals surface area contributed by atoms with Gasteiger partial charge in [0.1, 0.15) is 5.69 Å². The highest BCUT2D eigenvalue weighted by molar-refractivity contribution is 6.30. The van der Waals surface area contributed by atoms with Crippen LogP contribution in [0.4, 0.5) is 0 Å². The van der Waals surface area contributed by atoms with Crippen LogP contribution in [0, 0.1) is 0 Å². The second-order valence-corrected chi connectivity index (χ2v) is 4.58. The first-order chi connectivity index (χ1) is 8.29. The number of carbonyl (C=O) groups is 1. The van der Waals surface area contributed by atoms with E-state index in [1.807, 2.05) is 12.1 Å². The fourth-order valence-electron chi connectivity index (χ4n) is 1.86. The Labute approximate surface area is 103 Å². The van der Waals surface area contributed by atoms with Gasteiger partial charge in [0, 0.05) is 10.9 Å². The van der Waals surface area contributed by atoms with E-state index in [1.54, 1.807) is 16.8 Å². The Kier molecular flexibility index (Phi) is 2.44. The monoisotopic (exact) mass is 247 g/mol. The van der Waals surface area contributed by atoms with Crippen LogP contribution in [0.1, 0.15) is 34.9 Å². The van der Waals surface area contributed by atoms with Gasteiger partial charge in [-0.15, -0.1) is 5.10 Å². The van der Waals surface area contributed by atoms with E-state index in [2.05, 4.69) is 10.3 Å². The van der Waals surface area contributed by atoms with Crippen LogP contribution in [-0.2, 0) is 0 Å². The van der Waals surface area contributed by atoms with Gasteiger partial charge >= 0.3 is 0 Å². The molecule has 4 nitrogen and oxygen atoms in total. The van der Waals surface area contributed by atoms with Crippen molar-refractivity contribution in [2.24, 2.45) is 0 Å². The molecule has 5 heteroatoms. The smallest absolute Gasteiger partial charge is 0.170 e. The minimum absolute atomic E-state index is 0.406. The van der Waals surface area contributed by atoms with Gasteiger partial charge in [0.15, 0.2) is 6.29 Å². The predicted octanol–water partition coefficient (Wildman–Crippen LogP) is 2.61. The average Bonchev–Trinajstić information content (AvgIpc) is 3.08. The van der Waals surface area contributed by atoms with Gasteiger partial charge in [-0.2, -0.15) is 0 Å². The number of hydrogen-bond donors (Lipinski definition) is 0. The van der Waals surface area contributed by atoms with Crippen LogP contribution in [0.3, 0.4) is 0 Å². The van der Waals surface area contributed by atoms with Crippen LogP contribution in [0.25, 0.3) is 5.69 Å². The number of benzene rings is 1. The second kappa shape index (κ2) is 3.96. The quantitative estimate of drug-likeness (QED) is 0.784. The van der Waals surface area contributed by atoms with Crippen molar-refractivity contribution < 1.29 is 4.79 Å². The average molecular weight is 248 g/mol. The van der Waals surface area contributed by atoms with Crippen molar-refractivity contribution in [3.8, 4) is 5.69 Å². The molecule has 1 heterocycles. The first kappa shape index (κ1) is 10.5. The summed E-state index contributed by atoms with van der Waals surface area (Å²) in [6.45, 7) is 0. The summed E-state index contributed by atoms with van der Waals surface area (Å²) < 4.78 is 1.55. The molecule has 0 N–H and O–H groups in total. The molecule has 0 aliphatic heterocycles. The zero-order valence-electron chi connectivity index (χ0n) is 9.01. The highest BCUT2D eigenvalue weighted by Gasteiger charge is 2.30. The van der Waals surface area contributed by atoms with Crippen molar-refractivity contribution in [2.75, 3.05) is 0 Å². The molecule has 0 radical (unpaired) electrons. The molecule has 0 saturated heterocycles.